The second-order valence-electron chi connectivity index (χ2n) is 8.36. The smallest absolute Gasteiger partial charge is 0.257 e. The van der Waals surface area contributed by atoms with Gasteiger partial charge in [0, 0.05) is 44.7 Å². The lowest BCUT2D eigenvalue weighted by Gasteiger charge is -2.36. The van der Waals surface area contributed by atoms with Crippen LogP contribution >= 0.6 is 0 Å². The Morgan fingerprint density at radius 3 is 2.31 bits per heavy atom. The van der Waals surface area contributed by atoms with E-state index in [4.69, 9.17) is 14.4 Å². The number of hydrogen-bond donors (Lipinski definition) is 0. The number of amides is 1. The number of furan rings is 1. The van der Waals surface area contributed by atoms with E-state index in [0.717, 1.165) is 55.6 Å². The van der Waals surface area contributed by atoms with Crippen LogP contribution in [-0.2, 0) is 13.0 Å². The summed E-state index contributed by atoms with van der Waals surface area (Å²) in [6, 6.07) is 1.74. The van der Waals surface area contributed by atoms with Crippen molar-refractivity contribution in [1.29, 1.82) is 0 Å². The third kappa shape index (κ3) is 3.70. The van der Waals surface area contributed by atoms with Crippen molar-refractivity contribution in [3.05, 3.63) is 35.4 Å². The lowest BCUT2D eigenvalue weighted by Crippen LogP contribution is -2.40. The van der Waals surface area contributed by atoms with Crippen molar-refractivity contribution >= 4 is 17.7 Å². The Kier molecular flexibility index (Phi) is 5.12. The molecule has 7 nitrogen and oxygen atoms in total. The van der Waals surface area contributed by atoms with Crippen LogP contribution in [0.1, 0.15) is 60.1 Å². The Morgan fingerprint density at radius 1 is 0.897 bits per heavy atom. The second kappa shape index (κ2) is 8.05. The number of carbonyl (C=O) groups is 1. The van der Waals surface area contributed by atoms with Crippen LogP contribution in [0, 0.1) is 0 Å². The Morgan fingerprint density at radius 2 is 1.62 bits per heavy atom. The molecule has 0 bridgehead atoms. The minimum atomic E-state index is 0.0223. The van der Waals surface area contributed by atoms with Gasteiger partial charge >= 0.3 is 0 Å². The fourth-order valence-electron chi connectivity index (χ4n) is 4.73. The van der Waals surface area contributed by atoms with Crippen molar-refractivity contribution in [1.82, 2.24) is 14.9 Å². The van der Waals surface area contributed by atoms with Crippen LogP contribution in [0.2, 0.25) is 0 Å². The van der Waals surface area contributed by atoms with Crippen LogP contribution in [0.4, 0.5) is 11.8 Å². The molecule has 0 aliphatic carbocycles. The van der Waals surface area contributed by atoms with Gasteiger partial charge in [-0.05, 0) is 44.6 Å². The minimum absolute atomic E-state index is 0.0223. The van der Waals surface area contributed by atoms with Crippen LogP contribution in [0.5, 0.6) is 0 Å². The van der Waals surface area contributed by atoms with Crippen LogP contribution < -0.4 is 9.80 Å². The third-order valence-electron chi connectivity index (χ3n) is 6.38. The van der Waals surface area contributed by atoms with Gasteiger partial charge in [-0.15, -0.1) is 0 Å². The molecule has 0 aromatic carbocycles. The van der Waals surface area contributed by atoms with Crippen molar-refractivity contribution in [3.63, 3.8) is 0 Å². The molecular weight excluding hydrogens is 366 g/mol. The maximum atomic E-state index is 12.9. The summed E-state index contributed by atoms with van der Waals surface area (Å²) < 4.78 is 5.11. The number of piperidine rings is 2. The molecule has 29 heavy (non-hydrogen) atoms. The number of aromatic nitrogens is 2. The molecule has 154 valence electrons. The van der Waals surface area contributed by atoms with E-state index in [1.807, 2.05) is 4.90 Å². The quantitative estimate of drug-likeness (QED) is 0.795. The topological polar surface area (TPSA) is 65.7 Å². The van der Waals surface area contributed by atoms with Gasteiger partial charge in [0.1, 0.15) is 12.1 Å². The fourth-order valence-corrected chi connectivity index (χ4v) is 4.73. The van der Waals surface area contributed by atoms with E-state index < -0.39 is 0 Å². The number of carbonyl (C=O) groups excluding carboxylic acids is 1. The monoisotopic (exact) mass is 395 g/mol. The van der Waals surface area contributed by atoms with Gasteiger partial charge in [0.05, 0.1) is 24.1 Å². The van der Waals surface area contributed by atoms with E-state index >= 15 is 0 Å². The van der Waals surface area contributed by atoms with E-state index in [-0.39, 0.29) is 5.91 Å². The average molecular weight is 396 g/mol. The highest BCUT2D eigenvalue weighted by Crippen LogP contribution is 2.32. The molecule has 0 unspecified atom stereocenters. The standard InChI is InChI=1S/C22H29N5O2/c28-21(17-8-14-29-16-17)27-13-7-19-18(15-27)20(25-9-3-1-4-10-25)24-22(23-19)26-11-5-2-6-12-26/h8,14,16H,1-7,9-13,15H2. The predicted octanol–water partition coefficient (Wildman–Crippen LogP) is 3.25. The predicted molar refractivity (Wildman–Crippen MR) is 111 cm³/mol. The molecule has 2 fully saturated rings. The van der Waals surface area contributed by atoms with E-state index in [0.29, 0.717) is 18.7 Å². The minimum Gasteiger partial charge on any atom is -0.472 e. The number of hydrogen-bond acceptors (Lipinski definition) is 6. The maximum absolute atomic E-state index is 12.9. The summed E-state index contributed by atoms with van der Waals surface area (Å²) in [6.45, 7) is 5.43. The Hall–Kier alpha value is -2.57. The maximum Gasteiger partial charge on any atom is 0.257 e. The normalized spacial score (nSPS) is 19.9. The van der Waals surface area contributed by atoms with E-state index in [1.54, 1.807) is 12.3 Å². The van der Waals surface area contributed by atoms with E-state index in [9.17, 15) is 4.79 Å². The molecule has 0 N–H and O–H groups in total. The molecule has 1 amide bonds. The molecule has 5 rings (SSSR count). The first-order valence-electron chi connectivity index (χ1n) is 11.0. The van der Waals surface area contributed by atoms with Gasteiger partial charge in [0.25, 0.3) is 5.91 Å². The van der Waals surface area contributed by atoms with Gasteiger partial charge in [-0.25, -0.2) is 4.98 Å². The van der Waals surface area contributed by atoms with E-state index in [1.165, 1.54) is 44.8 Å². The zero-order chi connectivity index (χ0) is 19.6. The summed E-state index contributed by atoms with van der Waals surface area (Å²) in [5, 5.41) is 0. The molecule has 2 saturated heterocycles. The molecule has 0 spiro atoms. The number of anilines is 2. The molecule has 5 heterocycles. The SMILES string of the molecule is O=C(c1ccoc1)N1CCc2nc(N3CCCCC3)nc(N3CCCCC3)c2C1. The molecule has 3 aliphatic heterocycles. The molecule has 2 aromatic rings. The van der Waals surface area contributed by atoms with E-state index in [2.05, 4.69) is 9.80 Å². The van der Waals surface area contributed by atoms with Crippen molar-refractivity contribution in [2.24, 2.45) is 0 Å². The highest BCUT2D eigenvalue weighted by Gasteiger charge is 2.30. The summed E-state index contributed by atoms with van der Waals surface area (Å²) in [4.78, 5) is 29.6. The Labute approximate surface area is 171 Å². The second-order valence-corrected chi connectivity index (χ2v) is 8.36. The van der Waals surface area contributed by atoms with Gasteiger partial charge in [-0.2, -0.15) is 4.98 Å². The molecule has 0 atom stereocenters. The van der Waals surface area contributed by atoms with Crippen LogP contribution in [0.3, 0.4) is 0 Å². The van der Waals surface area contributed by atoms with Gasteiger partial charge < -0.3 is 19.1 Å². The van der Waals surface area contributed by atoms with Crippen molar-refractivity contribution in [2.75, 3.05) is 42.5 Å². The fraction of sp³-hybridized carbons (Fsp3) is 0.591. The highest BCUT2D eigenvalue weighted by atomic mass is 16.3. The summed E-state index contributed by atoms with van der Waals surface area (Å²) >= 11 is 0. The first-order chi connectivity index (χ1) is 14.3. The molecule has 7 heteroatoms. The average Bonchev–Trinajstić information content (AvgIpc) is 3.34. The van der Waals surface area contributed by atoms with Crippen molar-refractivity contribution in [2.45, 2.75) is 51.5 Å². The van der Waals surface area contributed by atoms with Crippen LogP contribution in [0.15, 0.2) is 23.0 Å². The number of rotatable bonds is 3. The lowest BCUT2D eigenvalue weighted by atomic mass is 10.0. The number of fused-ring (bicyclic) bond motifs is 1. The molecule has 0 radical (unpaired) electrons. The molecular formula is C22H29N5O2. The van der Waals surface area contributed by atoms with Crippen molar-refractivity contribution < 1.29 is 9.21 Å². The summed E-state index contributed by atoms with van der Waals surface area (Å²) in [5.41, 5.74) is 2.87. The first kappa shape index (κ1) is 18.5. The molecule has 0 saturated carbocycles. The zero-order valence-corrected chi connectivity index (χ0v) is 17.0. The van der Waals surface area contributed by atoms with Gasteiger partial charge in [-0.3, -0.25) is 4.79 Å². The van der Waals surface area contributed by atoms with Gasteiger partial charge in [0.2, 0.25) is 5.95 Å². The zero-order valence-electron chi connectivity index (χ0n) is 17.0. The van der Waals surface area contributed by atoms with Crippen LogP contribution in [0.25, 0.3) is 0 Å². The van der Waals surface area contributed by atoms with Crippen LogP contribution in [-0.4, -0.2) is 53.5 Å². The highest BCUT2D eigenvalue weighted by molar-refractivity contribution is 5.94. The summed E-state index contributed by atoms with van der Waals surface area (Å²) in [7, 11) is 0. The molecule has 3 aliphatic rings. The largest absolute Gasteiger partial charge is 0.472 e. The third-order valence-corrected chi connectivity index (χ3v) is 6.38. The van der Waals surface area contributed by atoms with Gasteiger partial charge in [-0.1, -0.05) is 0 Å². The summed E-state index contributed by atoms with van der Waals surface area (Å²) in [6.07, 6.45) is 11.3. The summed E-state index contributed by atoms with van der Waals surface area (Å²) in [5.74, 6) is 1.97. The Bertz CT molecular complexity index is 854. The number of nitrogens with zero attached hydrogens (tertiary/aromatic N) is 5. The first-order valence-corrected chi connectivity index (χ1v) is 11.0. The van der Waals surface area contributed by atoms with Crippen molar-refractivity contribution in [3.8, 4) is 0 Å². The molecule has 2 aromatic heterocycles. The van der Waals surface area contributed by atoms with Gasteiger partial charge in [0.15, 0.2) is 0 Å². The lowest BCUT2D eigenvalue weighted by molar-refractivity contribution is 0.0733. The Balaban J connectivity index is 1.48.